The lowest BCUT2D eigenvalue weighted by atomic mass is 9.93. The molecule has 1 aromatic carbocycles. The summed E-state index contributed by atoms with van der Waals surface area (Å²) in [5, 5.41) is 0. The molecule has 0 heterocycles. The zero-order valence-corrected chi connectivity index (χ0v) is 8.33. The molecule has 0 aromatic heterocycles. The molecule has 13 heavy (non-hydrogen) atoms. The summed E-state index contributed by atoms with van der Waals surface area (Å²) in [6.07, 6.45) is 1.78. The van der Waals surface area contributed by atoms with Gasteiger partial charge in [0, 0.05) is 6.04 Å². The SMILES string of the molecule is C=C[C@@H](N)c1ccccc1C(C)C. The molecule has 0 aliphatic heterocycles. The van der Waals surface area contributed by atoms with Gasteiger partial charge in [0.25, 0.3) is 0 Å². The highest BCUT2D eigenvalue weighted by Gasteiger charge is 2.09. The highest BCUT2D eigenvalue weighted by Crippen LogP contribution is 2.23. The van der Waals surface area contributed by atoms with Crippen molar-refractivity contribution in [2.24, 2.45) is 5.73 Å². The van der Waals surface area contributed by atoms with Crippen LogP contribution in [0.3, 0.4) is 0 Å². The normalized spacial score (nSPS) is 12.9. The number of nitrogens with two attached hydrogens (primary N) is 1. The molecule has 0 amide bonds. The Labute approximate surface area is 80.3 Å². The molecule has 0 aliphatic carbocycles. The first-order chi connectivity index (χ1) is 6.16. The maximum absolute atomic E-state index is 5.91. The fourth-order valence-corrected chi connectivity index (χ4v) is 1.47. The molecule has 1 aromatic rings. The van der Waals surface area contributed by atoms with Crippen LogP contribution in [0.2, 0.25) is 0 Å². The van der Waals surface area contributed by atoms with Crippen molar-refractivity contribution < 1.29 is 0 Å². The summed E-state index contributed by atoms with van der Waals surface area (Å²) < 4.78 is 0. The van der Waals surface area contributed by atoms with Crippen molar-refractivity contribution in [3.8, 4) is 0 Å². The van der Waals surface area contributed by atoms with E-state index < -0.39 is 0 Å². The number of hydrogen-bond donors (Lipinski definition) is 1. The van der Waals surface area contributed by atoms with Gasteiger partial charge in [-0.3, -0.25) is 0 Å². The van der Waals surface area contributed by atoms with Crippen molar-refractivity contribution in [2.45, 2.75) is 25.8 Å². The van der Waals surface area contributed by atoms with Gasteiger partial charge in [0.15, 0.2) is 0 Å². The summed E-state index contributed by atoms with van der Waals surface area (Å²) in [7, 11) is 0. The van der Waals surface area contributed by atoms with Gasteiger partial charge in [-0.05, 0) is 17.0 Å². The molecular weight excluding hydrogens is 158 g/mol. The largest absolute Gasteiger partial charge is 0.321 e. The standard InChI is InChI=1S/C12H17N/c1-4-12(13)11-8-6-5-7-10(11)9(2)3/h4-9,12H,1,13H2,2-3H3/t12-/m1/s1. The number of hydrogen-bond acceptors (Lipinski definition) is 1. The minimum Gasteiger partial charge on any atom is -0.321 e. The second-order valence-electron chi connectivity index (χ2n) is 3.55. The van der Waals surface area contributed by atoms with Gasteiger partial charge >= 0.3 is 0 Å². The van der Waals surface area contributed by atoms with Crippen LogP contribution in [0, 0.1) is 0 Å². The maximum atomic E-state index is 5.91. The molecule has 70 valence electrons. The van der Waals surface area contributed by atoms with Crippen LogP contribution in [0.4, 0.5) is 0 Å². The van der Waals surface area contributed by atoms with E-state index in [0.29, 0.717) is 5.92 Å². The Morgan fingerprint density at radius 1 is 1.23 bits per heavy atom. The first kappa shape index (κ1) is 10.0. The predicted molar refractivity (Wildman–Crippen MR) is 57.7 cm³/mol. The molecule has 0 aliphatic rings. The van der Waals surface area contributed by atoms with Crippen molar-refractivity contribution in [1.29, 1.82) is 0 Å². The zero-order valence-electron chi connectivity index (χ0n) is 8.33. The van der Waals surface area contributed by atoms with Crippen molar-refractivity contribution in [1.82, 2.24) is 0 Å². The lowest BCUT2D eigenvalue weighted by Gasteiger charge is -2.15. The molecule has 0 saturated heterocycles. The Balaban J connectivity index is 3.11. The molecule has 0 saturated carbocycles. The second-order valence-corrected chi connectivity index (χ2v) is 3.55. The van der Waals surface area contributed by atoms with E-state index in [9.17, 15) is 0 Å². The fraction of sp³-hybridized carbons (Fsp3) is 0.333. The van der Waals surface area contributed by atoms with Crippen LogP contribution in [0.1, 0.15) is 36.9 Å². The highest BCUT2D eigenvalue weighted by atomic mass is 14.6. The van der Waals surface area contributed by atoms with Crippen molar-refractivity contribution in [3.63, 3.8) is 0 Å². The fourth-order valence-electron chi connectivity index (χ4n) is 1.47. The lowest BCUT2D eigenvalue weighted by Crippen LogP contribution is -2.10. The zero-order chi connectivity index (χ0) is 9.84. The minimum absolute atomic E-state index is 0.0430. The third kappa shape index (κ3) is 2.19. The van der Waals surface area contributed by atoms with E-state index in [1.54, 1.807) is 6.08 Å². The van der Waals surface area contributed by atoms with Crippen molar-refractivity contribution in [2.75, 3.05) is 0 Å². The van der Waals surface area contributed by atoms with Gasteiger partial charge in [0.05, 0.1) is 0 Å². The van der Waals surface area contributed by atoms with E-state index in [0.717, 1.165) is 0 Å². The predicted octanol–water partition coefficient (Wildman–Crippen LogP) is 3.00. The summed E-state index contributed by atoms with van der Waals surface area (Å²) in [5.41, 5.74) is 8.42. The van der Waals surface area contributed by atoms with Crippen LogP contribution in [-0.2, 0) is 0 Å². The van der Waals surface area contributed by atoms with Gasteiger partial charge in [0.2, 0.25) is 0 Å². The van der Waals surface area contributed by atoms with Crippen LogP contribution < -0.4 is 5.73 Å². The first-order valence-electron chi connectivity index (χ1n) is 4.63. The van der Waals surface area contributed by atoms with Crippen molar-refractivity contribution in [3.05, 3.63) is 48.0 Å². The molecule has 1 heteroatoms. The topological polar surface area (TPSA) is 26.0 Å². The van der Waals surface area contributed by atoms with E-state index >= 15 is 0 Å². The van der Waals surface area contributed by atoms with Crippen LogP contribution in [-0.4, -0.2) is 0 Å². The second kappa shape index (κ2) is 4.24. The summed E-state index contributed by atoms with van der Waals surface area (Å²) >= 11 is 0. The molecule has 0 fully saturated rings. The quantitative estimate of drug-likeness (QED) is 0.702. The molecule has 0 unspecified atom stereocenters. The Kier molecular flexibility index (Phi) is 3.26. The van der Waals surface area contributed by atoms with Gasteiger partial charge in [0.1, 0.15) is 0 Å². The Bertz CT molecular complexity index is 289. The summed E-state index contributed by atoms with van der Waals surface area (Å²) in [6, 6.07) is 8.23. The smallest absolute Gasteiger partial charge is 0.0481 e. The third-order valence-electron chi connectivity index (χ3n) is 2.23. The number of benzene rings is 1. The molecule has 1 nitrogen and oxygen atoms in total. The van der Waals surface area contributed by atoms with E-state index in [2.05, 4.69) is 38.6 Å². The van der Waals surface area contributed by atoms with Crippen LogP contribution in [0.15, 0.2) is 36.9 Å². The molecule has 0 radical (unpaired) electrons. The van der Waals surface area contributed by atoms with Crippen LogP contribution in [0.25, 0.3) is 0 Å². The van der Waals surface area contributed by atoms with E-state index in [1.165, 1.54) is 11.1 Å². The monoisotopic (exact) mass is 175 g/mol. The highest BCUT2D eigenvalue weighted by molar-refractivity contribution is 5.33. The Morgan fingerprint density at radius 2 is 1.77 bits per heavy atom. The third-order valence-corrected chi connectivity index (χ3v) is 2.23. The average Bonchev–Trinajstić information content (AvgIpc) is 2.16. The molecule has 2 N–H and O–H groups in total. The minimum atomic E-state index is -0.0430. The maximum Gasteiger partial charge on any atom is 0.0481 e. The number of rotatable bonds is 3. The Hall–Kier alpha value is -1.08. The molecule has 1 atom stereocenters. The molecular formula is C12H17N. The van der Waals surface area contributed by atoms with E-state index in [-0.39, 0.29) is 6.04 Å². The molecule has 0 bridgehead atoms. The van der Waals surface area contributed by atoms with Gasteiger partial charge in [-0.2, -0.15) is 0 Å². The molecule has 1 rings (SSSR count). The van der Waals surface area contributed by atoms with E-state index in [1.807, 2.05) is 6.07 Å². The van der Waals surface area contributed by atoms with E-state index in [4.69, 9.17) is 5.73 Å². The van der Waals surface area contributed by atoms with Crippen molar-refractivity contribution >= 4 is 0 Å². The summed E-state index contributed by atoms with van der Waals surface area (Å²) in [4.78, 5) is 0. The van der Waals surface area contributed by atoms with Gasteiger partial charge in [-0.15, -0.1) is 6.58 Å². The van der Waals surface area contributed by atoms with Gasteiger partial charge in [-0.1, -0.05) is 44.2 Å². The van der Waals surface area contributed by atoms with Gasteiger partial charge in [-0.25, -0.2) is 0 Å². The van der Waals surface area contributed by atoms with Gasteiger partial charge < -0.3 is 5.73 Å². The Morgan fingerprint density at radius 3 is 2.23 bits per heavy atom. The first-order valence-corrected chi connectivity index (χ1v) is 4.63. The lowest BCUT2D eigenvalue weighted by molar-refractivity contribution is 0.809. The average molecular weight is 175 g/mol. The van der Waals surface area contributed by atoms with Crippen LogP contribution >= 0.6 is 0 Å². The summed E-state index contributed by atoms with van der Waals surface area (Å²) in [6.45, 7) is 8.06. The molecule has 0 spiro atoms. The van der Waals surface area contributed by atoms with Crippen LogP contribution in [0.5, 0.6) is 0 Å². The summed E-state index contributed by atoms with van der Waals surface area (Å²) in [5.74, 6) is 0.516.